The van der Waals surface area contributed by atoms with E-state index >= 15 is 0 Å². The molecule has 1 aromatic carbocycles. The molecule has 2 heterocycles. The molecule has 2 aromatic rings. The maximum atomic E-state index is 12.4. The number of carbonyl (C=O) groups excluding carboxylic acids is 1. The van der Waals surface area contributed by atoms with Crippen LogP contribution >= 0.6 is 0 Å². The second-order valence-corrected chi connectivity index (χ2v) is 6.71. The van der Waals surface area contributed by atoms with Crippen molar-refractivity contribution in [2.75, 3.05) is 42.3 Å². The Morgan fingerprint density at radius 3 is 2.72 bits per heavy atom. The number of nitrogens with one attached hydrogen (secondary N) is 1. The maximum absolute atomic E-state index is 12.4. The number of amides is 1. The Morgan fingerprint density at radius 2 is 2.04 bits per heavy atom. The van der Waals surface area contributed by atoms with Crippen LogP contribution in [0.1, 0.15) is 24.0 Å². The largest absolute Gasteiger partial charge is 0.361 e. The van der Waals surface area contributed by atoms with E-state index in [2.05, 4.69) is 20.2 Å². The van der Waals surface area contributed by atoms with Crippen molar-refractivity contribution in [2.45, 2.75) is 26.2 Å². The zero-order chi connectivity index (χ0) is 17.8. The smallest absolute Gasteiger partial charge is 0.228 e. The normalized spacial score (nSPS) is 13.8. The summed E-state index contributed by atoms with van der Waals surface area (Å²) >= 11 is 0. The van der Waals surface area contributed by atoms with E-state index in [1.165, 1.54) is 12.8 Å². The summed E-state index contributed by atoms with van der Waals surface area (Å²) in [5.41, 5.74) is 2.79. The molecule has 3 rings (SSSR count). The lowest BCUT2D eigenvalue weighted by Crippen LogP contribution is -2.24. The van der Waals surface area contributed by atoms with E-state index in [0.717, 1.165) is 36.0 Å². The quantitative estimate of drug-likeness (QED) is 0.907. The number of hydrogen-bond acceptors (Lipinski definition) is 5. The SMILES string of the molecule is Cc1cccc(CC(=O)Nc2cnc(N3CCCC3)nc2N(C)C)c1. The number of anilines is 3. The third kappa shape index (κ3) is 4.26. The summed E-state index contributed by atoms with van der Waals surface area (Å²) < 4.78 is 0. The van der Waals surface area contributed by atoms with Crippen molar-refractivity contribution in [3.63, 3.8) is 0 Å². The minimum absolute atomic E-state index is 0.0637. The summed E-state index contributed by atoms with van der Waals surface area (Å²) in [5, 5.41) is 2.95. The number of aryl methyl sites for hydroxylation is 1. The first-order chi connectivity index (χ1) is 12.0. The van der Waals surface area contributed by atoms with Gasteiger partial charge in [-0.15, -0.1) is 0 Å². The molecule has 132 valence electrons. The Morgan fingerprint density at radius 1 is 1.28 bits per heavy atom. The van der Waals surface area contributed by atoms with Crippen LogP contribution in [0.25, 0.3) is 0 Å². The van der Waals surface area contributed by atoms with Crippen LogP contribution in [0, 0.1) is 6.92 Å². The summed E-state index contributed by atoms with van der Waals surface area (Å²) in [4.78, 5) is 25.6. The Balaban J connectivity index is 1.75. The van der Waals surface area contributed by atoms with Crippen molar-refractivity contribution < 1.29 is 4.79 Å². The first kappa shape index (κ1) is 17.2. The van der Waals surface area contributed by atoms with Gasteiger partial charge < -0.3 is 15.1 Å². The molecule has 0 saturated carbocycles. The molecule has 1 fully saturated rings. The zero-order valence-corrected chi connectivity index (χ0v) is 15.1. The average molecular weight is 339 g/mol. The Bertz CT molecular complexity index is 753. The lowest BCUT2D eigenvalue weighted by Gasteiger charge is -2.21. The van der Waals surface area contributed by atoms with Crippen LogP contribution in [0.5, 0.6) is 0 Å². The van der Waals surface area contributed by atoms with Gasteiger partial charge in [-0.1, -0.05) is 29.8 Å². The van der Waals surface area contributed by atoms with Crippen LogP contribution in [-0.2, 0) is 11.2 Å². The van der Waals surface area contributed by atoms with E-state index in [0.29, 0.717) is 12.1 Å². The van der Waals surface area contributed by atoms with Gasteiger partial charge in [-0.2, -0.15) is 4.98 Å². The molecule has 0 radical (unpaired) electrons. The van der Waals surface area contributed by atoms with Gasteiger partial charge in [-0.3, -0.25) is 4.79 Å². The molecule has 0 aliphatic carbocycles. The fraction of sp³-hybridized carbons (Fsp3) is 0.421. The molecule has 6 heteroatoms. The lowest BCUT2D eigenvalue weighted by atomic mass is 10.1. The van der Waals surface area contributed by atoms with Crippen LogP contribution in [0.3, 0.4) is 0 Å². The monoisotopic (exact) mass is 339 g/mol. The van der Waals surface area contributed by atoms with Crippen LogP contribution < -0.4 is 15.1 Å². The molecule has 1 N–H and O–H groups in total. The van der Waals surface area contributed by atoms with Gasteiger partial charge >= 0.3 is 0 Å². The lowest BCUT2D eigenvalue weighted by molar-refractivity contribution is -0.115. The molecular weight excluding hydrogens is 314 g/mol. The van der Waals surface area contributed by atoms with E-state index in [9.17, 15) is 4.79 Å². The second-order valence-electron chi connectivity index (χ2n) is 6.71. The van der Waals surface area contributed by atoms with Crippen LogP contribution in [0.15, 0.2) is 30.5 Å². The van der Waals surface area contributed by atoms with Gasteiger partial charge in [0.05, 0.1) is 12.6 Å². The van der Waals surface area contributed by atoms with E-state index in [4.69, 9.17) is 0 Å². The molecule has 0 spiro atoms. The summed E-state index contributed by atoms with van der Waals surface area (Å²) in [6.07, 6.45) is 4.40. The van der Waals surface area contributed by atoms with Crippen molar-refractivity contribution in [3.8, 4) is 0 Å². The summed E-state index contributed by atoms with van der Waals surface area (Å²) in [7, 11) is 3.85. The van der Waals surface area contributed by atoms with Crippen molar-refractivity contribution in [2.24, 2.45) is 0 Å². The number of benzene rings is 1. The van der Waals surface area contributed by atoms with Gasteiger partial charge in [-0.25, -0.2) is 4.98 Å². The molecule has 0 unspecified atom stereocenters. The number of hydrogen-bond donors (Lipinski definition) is 1. The molecular formula is C19H25N5O. The number of carbonyl (C=O) groups is 1. The molecule has 6 nitrogen and oxygen atoms in total. The number of nitrogens with zero attached hydrogens (tertiary/aromatic N) is 4. The topological polar surface area (TPSA) is 61.4 Å². The summed E-state index contributed by atoms with van der Waals surface area (Å²) in [6.45, 7) is 4.01. The van der Waals surface area contributed by atoms with E-state index < -0.39 is 0 Å². The van der Waals surface area contributed by atoms with Gasteiger partial charge in [0, 0.05) is 27.2 Å². The van der Waals surface area contributed by atoms with Crippen LogP contribution in [0.4, 0.5) is 17.5 Å². The molecule has 25 heavy (non-hydrogen) atoms. The van der Waals surface area contributed by atoms with Gasteiger partial charge in [0.15, 0.2) is 5.82 Å². The van der Waals surface area contributed by atoms with Crippen molar-refractivity contribution in [3.05, 3.63) is 41.6 Å². The predicted molar refractivity (Wildman–Crippen MR) is 101 cm³/mol. The minimum Gasteiger partial charge on any atom is -0.361 e. The molecule has 1 aliphatic rings. The number of rotatable bonds is 5. The Kier molecular flexibility index (Phi) is 5.16. The Labute approximate surface area is 148 Å². The van der Waals surface area contributed by atoms with Gasteiger partial charge in [0.1, 0.15) is 5.69 Å². The van der Waals surface area contributed by atoms with Gasteiger partial charge in [-0.05, 0) is 25.3 Å². The highest BCUT2D eigenvalue weighted by atomic mass is 16.1. The molecule has 0 bridgehead atoms. The summed E-state index contributed by atoms with van der Waals surface area (Å²) in [6, 6.07) is 7.99. The van der Waals surface area contributed by atoms with Crippen LogP contribution in [-0.4, -0.2) is 43.1 Å². The molecule has 0 atom stereocenters. The molecule has 1 aliphatic heterocycles. The maximum Gasteiger partial charge on any atom is 0.228 e. The molecule has 1 aromatic heterocycles. The Hall–Kier alpha value is -2.63. The predicted octanol–water partition coefficient (Wildman–Crippen LogP) is 2.63. The van der Waals surface area contributed by atoms with Crippen molar-refractivity contribution >= 4 is 23.4 Å². The third-order valence-electron chi connectivity index (χ3n) is 4.29. The van der Waals surface area contributed by atoms with Crippen LogP contribution in [0.2, 0.25) is 0 Å². The standard InChI is InChI=1S/C19H25N5O/c1-14-7-6-8-15(11-14)12-17(25)21-16-13-20-19(22-18(16)23(2)3)24-9-4-5-10-24/h6-8,11,13H,4-5,9-10,12H2,1-3H3,(H,21,25). The van der Waals surface area contributed by atoms with E-state index in [1.54, 1.807) is 6.20 Å². The second kappa shape index (κ2) is 7.51. The minimum atomic E-state index is -0.0637. The van der Waals surface area contributed by atoms with Crippen molar-refractivity contribution in [1.82, 2.24) is 9.97 Å². The fourth-order valence-electron chi connectivity index (χ4n) is 3.06. The van der Waals surface area contributed by atoms with Gasteiger partial charge in [0.25, 0.3) is 0 Å². The van der Waals surface area contributed by atoms with Crippen molar-refractivity contribution in [1.29, 1.82) is 0 Å². The highest BCUT2D eigenvalue weighted by molar-refractivity contribution is 5.94. The zero-order valence-electron chi connectivity index (χ0n) is 15.1. The average Bonchev–Trinajstić information content (AvgIpc) is 3.09. The highest BCUT2D eigenvalue weighted by Gasteiger charge is 2.18. The fourth-order valence-corrected chi connectivity index (χ4v) is 3.06. The molecule has 1 saturated heterocycles. The van der Waals surface area contributed by atoms with E-state index in [-0.39, 0.29) is 5.91 Å². The molecule has 1 amide bonds. The number of aromatic nitrogens is 2. The summed E-state index contributed by atoms with van der Waals surface area (Å²) in [5.74, 6) is 1.40. The first-order valence-corrected chi connectivity index (χ1v) is 8.67. The van der Waals surface area contributed by atoms with E-state index in [1.807, 2.05) is 50.2 Å². The first-order valence-electron chi connectivity index (χ1n) is 8.67. The van der Waals surface area contributed by atoms with Gasteiger partial charge in [0.2, 0.25) is 11.9 Å². The highest BCUT2D eigenvalue weighted by Crippen LogP contribution is 2.25. The third-order valence-corrected chi connectivity index (χ3v) is 4.29.